The monoisotopic (exact) mass is 270 g/mol. The van der Waals surface area contributed by atoms with E-state index in [-0.39, 0.29) is 12.6 Å². The molecular formula is C17H18O3. The lowest BCUT2D eigenvalue weighted by Gasteiger charge is -2.09. The zero-order valence-corrected chi connectivity index (χ0v) is 11.5. The van der Waals surface area contributed by atoms with Crippen LogP contribution in [-0.2, 0) is 16.0 Å². The maximum atomic E-state index is 11.6. The van der Waals surface area contributed by atoms with Gasteiger partial charge < -0.3 is 9.47 Å². The molecule has 0 radical (unpaired) electrons. The summed E-state index contributed by atoms with van der Waals surface area (Å²) in [5, 5.41) is 0. The van der Waals surface area contributed by atoms with E-state index in [1.165, 1.54) is 0 Å². The molecule has 0 aromatic heterocycles. The number of aryl methyl sites for hydroxylation is 1. The Morgan fingerprint density at radius 3 is 2.40 bits per heavy atom. The number of ether oxygens (including phenoxy) is 2. The fourth-order valence-corrected chi connectivity index (χ4v) is 1.84. The van der Waals surface area contributed by atoms with Crippen LogP contribution in [-0.4, -0.2) is 19.2 Å². The van der Waals surface area contributed by atoms with Crippen molar-refractivity contribution in [1.82, 2.24) is 0 Å². The molecule has 2 aromatic carbocycles. The summed E-state index contributed by atoms with van der Waals surface area (Å²) in [6.45, 7) is 2.61. The number of benzene rings is 2. The normalized spacial score (nSPS) is 10.1. The molecule has 0 amide bonds. The van der Waals surface area contributed by atoms with Crippen LogP contribution in [0.5, 0.6) is 5.75 Å². The molecule has 0 fully saturated rings. The van der Waals surface area contributed by atoms with Crippen molar-refractivity contribution in [2.45, 2.75) is 13.3 Å². The van der Waals surface area contributed by atoms with E-state index in [4.69, 9.17) is 9.47 Å². The highest BCUT2D eigenvalue weighted by Crippen LogP contribution is 2.15. The van der Waals surface area contributed by atoms with Crippen molar-refractivity contribution in [3.8, 4) is 5.75 Å². The Bertz CT molecular complexity index is 549. The fraction of sp³-hybridized carbons (Fsp3) is 0.235. The first-order chi connectivity index (χ1) is 9.75. The Morgan fingerprint density at radius 2 is 1.65 bits per heavy atom. The van der Waals surface area contributed by atoms with Gasteiger partial charge in [0.2, 0.25) is 0 Å². The van der Waals surface area contributed by atoms with Gasteiger partial charge in [-0.2, -0.15) is 0 Å². The molecule has 0 unspecified atom stereocenters. The van der Waals surface area contributed by atoms with Gasteiger partial charge in [-0.15, -0.1) is 0 Å². The van der Waals surface area contributed by atoms with Gasteiger partial charge in [0.15, 0.2) is 0 Å². The first kappa shape index (κ1) is 14.1. The summed E-state index contributed by atoms with van der Waals surface area (Å²) in [6.07, 6.45) is 0.297. The van der Waals surface area contributed by atoms with Gasteiger partial charge in [0.05, 0.1) is 6.42 Å². The molecule has 3 nitrogen and oxygen atoms in total. The van der Waals surface area contributed by atoms with E-state index in [0.717, 1.165) is 16.9 Å². The SMILES string of the molecule is Cc1ccccc1OCCOC(=O)Cc1ccccc1. The summed E-state index contributed by atoms with van der Waals surface area (Å²) in [5.74, 6) is 0.594. The molecule has 0 aliphatic rings. The highest BCUT2D eigenvalue weighted by molar-refractivity contribution is 5.72. The Kier molecular flexibility index (Phi) is 5.18. The zero-order valence-electron chi connectivity index (χ0n) is 11.5. The molecule has 2 rings (SSSR count). The van der Waals surface area contributed by atoms with E-state index in [1.54, 1.807) is 0 Å². The van der Waals surface area contributed by atoms with Crippen LogP contribution in [0.4, 0.5) is 0 Å². The van der Waals surface area contributed by atoms with Crippen LogP contribution in [0.25, 0.3) is 0 Å². The lowest BCUT2D eigenvalue weighted by Crippen LogP contribution is -2.14. The van der Waals surface area contributed by atoms with E-state index in [1.807, 2.05) is 61.5 Å². The summed E-state index contributed by atoms with van der Waals surface area (Å²) in [5.41, 5.74) is 2.03. The van der Waals surface area contributed by atoms with Crippen LogP contribution in [0.3, 0.4) is 0 Å². The second-order valence-corrected chi connectivity index (χ2v) is 4.50. The van der Waals surface area contributed by atoms with Gasteiger partial charge >= 0.3 is 5.97 Å². The zero-order chi connectivity index (χ0) is 14.2. The Morgan fingerprint density at radius 1 is 0.950 bits per heavy atom. The Labute approximate surface area is 119 Å². The molecule has 20 heavy (non-hydrogen) atoms. The van der Waals surface area contributed by atoms with E-state index < -0.39 is 0 Å². The minimum absolute atomic E-state index is 0.232. The van der Waals surface area contributed by atoms with Crippen molar-refractivity contribution in [2.75, 3.05) is 13.2 Å². The molecule has 104 valence electrons. The number of esters is 1. The van der Waals surface area contributed by atoms with Crippen LogP contribution in [0.15, 0.2) is 54.6 Å². The van der Waals surface area contributed by atoms with Gasteiger partial charge in [-0.25, -0.2) is 0 Å². The van der Waals surface area contributed by atoms with Gasteiger partial charge in [0.1, 0.15) is 19.0 Å². The molecule has 0 bridgehead atoms. The lowest BCUT2D eigenvalue weighted by molar-refractivity contribution is -0.143. The first-order valence-corrected chi connectivity index (χ1v) is 6.63. The molecule has 0 atom stereocenters. The van der Waals surface area contributed by atoms with Crippen molar-refractivity contribution >= 4 is 5.97 Å². The van der Waals surface area contributed by atoms with Gasteiger partial charge in [0.25, 0.3) is 0 Å². The van der Waals surface area contributed by atoms with Gasteiger partial charge in [-0.3, -0.25) is 4.79 Å². The molecular weight excluding hydrogens is 252 g/mol. The van der Waals surface area contributed by atoms with E-state index in [2.05, 4.69) is 0 Å². The number of carbonyl (C=O) groups excluding carboxylic acids is 1. The molecule has 0 aliphatic heterocycles. The van der Waals surface area contributed by atoms with Crippen molar-refractivity contribution < 1.29 is 14.3 Å². The van der Waals surface area contributed by atoms with Gasteiger partial charge in [-0.1, -0.05) is 48.5 Å². The van der Waals surface area contributed by atoms with Gasteiger partial charge in [-0.05, 0) is 24.1 Å². The van der Waals surface area contributed by atoms with Crippen molar-refractivity contribution in [3.63, 3.8) is 0 Å². The second-order valence-electron chi connectivity index (χ2n) is 4.50. The molecule has 0 spiro atoms. The molecule has 3 heteroatoms. The standard InChI is InChI=1S/C17H18O3/c1-14-7-5-6-10-16(14)19-11-12-20-17(18)13-15-8-3-2-4-9-15/h2-10H,11-13H2,1H3. The van der Waals surface area contributed by atoms with Crippen molar-refractivity contribution in [1.29, 1.82) is 0 Å². The molecule has 0 saturated carbocycles. The molecule has 0 aliphatic carbocycles. The molecule has 0 N–H and O–H groups in total. The second kappa shape index (κ2) is 7.34. The largest absolute Gasteiger partial charge is 0.490 e. The van der Waals surface area contributed by atoms with Crippen LogP contribution in [0.1, 0.15) is 11.1 Å². The van der Waals surface area contributed by atoms with Crippen LogP contribution < -0.4 is 4.74 Å². The maximum Gasteiger partial charge on any atom is 0.310 e. The minimum atomic E-state index is -0.232. The summed E-state index contributed by atoms with van der Waals surface area (Å²) in [6, 6.07) is 17.3. The summed E-state index contributed by atoms with van der Waals surface area (Å²) < 4.78 is 10.7. The van der Waals surface area contributed by atoms with E-state index >= 15 is 0 Å². The third-order valence-corrected chi connectivity index (χ3v) is 2.89. The predicted octanol–water partition coefficient (Wildman–Crippen LogP) is 3.16. The number of rotatable bonds is 6. The van der Waals surface area contributed by atoms with Crippen LogP contribution in [0, 0.1) is 6.92 Å². The highest BCUT2D eigenvalue weighted by Gasteiger charge is 2.04. The average molecular weight is 270 g/mol. The number of hydrogen-bond donors (Lipinski definition) is 0. The number of hydrogen-bond acceptors (Lipinski definition) is 3. The topological polar surface area (TPSA) is 35.5 Å². The van der Waals surface area contributed by atoms with Crippen molar-refractivity contribution in [2.24, 2.45) is 0 Å². The molecule has 0 heterocycles. The minimum Gasteiger partial charge on any atom is -0.490 e. The van der Waals surface area contributed by atoms with Crippen LogP contribution in [0.2, 0.25) is 0 Å². The lowest BCUT2D eigenvalue weighted by atomic mass is 10.2. The average Bonchev–Trinajstić information content (AvgIpc) is 2.46. The van der Waals surface area contributed by atoms with Gasteiger partial charge in [0, 0.05) is 0 Å². The smallest absolute Gasteiger partial charge is 0.310 e. The quantitative estimate of drug-likeness (QED) is 0.597. The summed E-state index contributed by atoms with van der Waals surface area (Å²) >= 11 is 0. The van der Waals surface area contributed by atoms with E-state index in [0.29, 0.717) is 13.0 Å². The number of para-hydroxylation sites is 1. The molecule has 2 aromatic rings. The Balaban J connectivity index is 1.69. The highest BCUT2D eigenvalue weighted by atomic mass is 16.6. The fourth-order valence-electron chi connectivity index (χ4n) is 1.84. The summed E-state index contributed by atoms with van der Waals surface area (Å²) in [7, 11) is 0. The van der Waals surface area contributed by atoms with Crippen LogP contribution >= 0.6 is 0 Å². The molecule has 0 saturated heterocycles. The van der Waals surface area contributed by atoms with Crippen molar-refractivity contribution in [3.05, 3.63) is 65.7 Å². The number of carbonyl (C=O) groups is 1. The summed E-state index contributed by atoms with van der Waals surface area (Å²) in [4.78, 5) is 11.6. The third-order valence-electron chi connectivity index (χ3n) is 2.89. The predicted molar refractivity (Wildman–Crippen MR) is 77.8 cm³/mol. The maximum absolute atomic E-state index is 11.6. The Hall–Kier alpha value is -2.29. The van der Waals surface area contributed by atoms with E-state index in [9.17, 15) is 4.79 Å². The third kappa shape index (κ3) is 4.43. The first-order valence-electron chi connectivity index (χ1n) is 6.63.